The number of aromatic nitrogens is 2. The number of hydrogen-bond donors (Lipinski definition) is 1. The summed E-state index contributed by atoms with van der Waals surface area (Å²) in [4.78, 5) is 29.0. The molecule has 146 valence electrons. The van der Waals surface area contributed by atoms with Gasteiger partial charge in [-0.1, -0.05) is 0 Å². The van der Waals surface area contributed by atoms with Crippen LogP contribution in [-0.2, 0) is 17.6 Å². The van der Waals surface area contributed by atoms with Crippen molar-refractivity contribution in [3.8, 4) is 0 Å². The summed E-state index contributed by atoms with van der Waals surface area (Å²) in [6.45, 7) is 0.569. The molecular weight excluding hydrogens is 364 g/mol. The minimum Gasteiger partial charge on any atom is -0.389 e. The van der Waals surface area contributed by atoms with Crippen molar-refractivity contribution in [1.82, 2.24) is 20.0 Å². The summed E-state index contributed by atoms with van der Waals surface area (Å²) >= 11 is 1.80. The van der Waals surface area contributed by atoms with Crippen LogP contribution in [-0.4, -0.2) is 80.7 Å². The molecule has 7 nitrogen and oxygen atoms in total. The van der Waals surface area contributed by atoms with Crippen molar-refractivity contribution in [2.24, 2.45) is 5.92 Å². The van der Waals surface area contributed by atoms with E-state index in [0.717, 1.165) is 54.7 Å². The summed E-state index contributed by atoms with van der Waals surface area (Å²) in [7, 11) is 1.75. The number of carbonyl (C=O) groups is 2. The minimum absolute atomic E-state index is 0.0314. The highest BCUT2D eigenvalue weighted by Gasteiger charge is 2.41. The summed E-state index contributed by atoms with van der Waals surface area (Å²) in [5.41, 5.74) is 2.54. The van der Waals surface area contributed by atoms with Crippen LogP contribution in [0.2, 0.25) is 0 Å². The van der Waals surface area contributed by atoms with Crippen molar-refractivity contribution in [3.63, 3.8) is 0 Å². The molecule has 8 heteroatoms. The molecule has 2 aliphatic heterocycles. The van der Waals surface area contributed by atoms with Gasteiger partial charge in [-0.05, 0) is 49.0 Å². The van der Waals surface area contributed by atoms with Gasteiger partial charge in [-0.3, -0.25) is 9.59 Å². The molecule has 2 saturated heterocycles. The molecule has 0 saturated carbocycles. The smallest absolute Gasteiger partial charge is 0.274 e. The van der Waals surface area contributed by atoms with E-state index in [4.69, 9.17) is 0 Å². The van der Waals surface area contributed by atoms with E-state index < -0.39 is 6.10 Å². The third kappa shape index (κ3) is 3.57. The second-order valence-electron chi connectivity index (χ2n) is 7.76. The lowest BCUT2D eigenvalue weighted by molar-refractivity contribution is -0.136. The zero-order valence-corrected chi connectivity index (χ0v) is 16.5. The number of aliphatic hydroxyl groups is 1. The number of aryl methyl sites for hydroxylation is 1. The van der Waals surface area contributed by atoms with Gasteiger partial charge < -0.3 is 14.9 Å². The van der Waals surface area contributed by atoms with Gasteiger partial charge in [-0.15, -0.1) is 5.10 Å². The largest absolute Gasteiger partial charge is 0.389 e. The minimum atomic E-state index is -0.732. The van der Waals surface area contributed by atoms with E-state index in [-0.39, 0.29) is 30.3 Å². The Balaban J connectivity index is 1.48. The molecule has 3 aliphatic rings. The average molecular weight is 391 g/mol. The van der Waals surface area contributed by atoms with Gasteiger partial charge in [0, 0.05) is 31.8 Å². The fourth-order valence-corrected chi connectivity index (χ4v) is 5.59. The Morgan fingerprint density at radius 1 is 1.30 bits per heavy atom. The summed E-state index contributed by atoms with van der Waals surface area (Å²) in [5, 5.41) is 18.7. The molecule has 1 N–H and O–H groups in total. The molecule has 0 spiro atoms. The Hall–Kier alpha value is -1.67. The lowest BCUT2D eigenvalue weighted by Crippen LogP contribution is -2.47. The molecule has 2 amide bonds. The Morgan fingerprint density at radius 2 is 2.11 bits per heavy atom. The zero-order valence-electron chi connectivity index (χ0n) is 15.6. The second kappa shape index (κ2) is 7.75. The molecule has 2 fully saturated rings. The molecule has 1 unspecified atom stereocenters. The maximum Gasteiger partial charge on any atom is 0.274 e. The van der Waals surface area contributed by atoms with E-state index in [1.807, 2.05) is 0 Å². The highest BCUT2D eigenvalue weighted by Crippen LogP contribution is 2.28. The van der Waals surface area contributed by atoms with E-state index in [9.17, 15) is 14.7 Å². The van der Waals surface area contributed by atoms with E-state index in [2.05, 4.69) is 10.2 Å². The van der Waals surface area contributed by atoms with Crippen LogP contribution in [0.3, 0.4) is 0 Å². The fourth-order valence-electron chi connectivity index (χ4n) is 4.38. The van der Waals surface area contributed by atoms with Gasteiger partial charge in [0.2, 0.25) is 5.91 Å². The van der Waals surface area contributed by atoms with Crippen LogP contribution in [0.4, 0.5) is 0 Å². The third-order valence-corrected chi connectivity index (χ3v) is 7.20. The first-order chi connectivity index (χ1) is 13.1. The van der Waals surface area contributed by atoms with Crippen LogP contribution in [0.5, 0.6) is 0 Å². The quantitative estimate of drug-likeness (QED) is 0.820. The van der Waals surface area contributed by atoms with Gasteiger partial charge in [0.15, 0.2) is 5.69 Å². The highest BCUT2D eigenvalue weighted by molar-refractivity contribution is 7.99. The maximum atomic E-state index is 13.1. The fraction of sp³-hybridized carbons (Fsp3) is 0.684. The molecule has 3 atom stereocenters. The lowest BCUT2D eigenvalue weighted by Gasteiger charge is -2.28. The molecular formula is C19H26N4O3S. The van der Waals surface area contributed by atoms with Gasteiger partial charge in [-0.2, -0.15) is 16.9 Å². The first-order valence-corrected chi connectivity index (χ1v) is 10.9. The van der Waals surface area contributed by atoms with Crippen LogP contribution < -0.4 is 0 Å². The topological polar surface area (TPSA) is 86.6 Å². The molecule has 1 aromatic rings. The first-order valence-electron chi connectivity index (χ1n) is 9.71. The van der Waals surface area contributed by atoms with Crippen LogP contribution in [0, 0.1) is 5.92 Å². The van der Waals surface area contributed by atoms with E-state index >= 15 is 0 Å². The highest BCUT2D eigenvalue weighted by atomic mass is 32.2. The van der Waals surface area contributed by atoms with Crippen molar-refractivity contribution in [2.45, 2.75) is 44.2 Å². The predicted octanol–water partition coefficient (Wildman–Crippen LogP) is 0.752. The van der Waals surface area contributed by atoms with Gasteiger partial charge >= 0.3 is 0 Å². The van der Waals surface area contributed by atoms with Crippen molar-refractivity contribution in [1.29, 1.82) is 0 Å². The number of likely N-dealkylation sites (N-methyl/N-ethyl adjacent to an activating group) is 1. The van der Waals surface area contributed by atoms with E-state index in [0.29, 0.717) is 12.2 Å². The van der Waals surface area contributed by atoms with Crippen molar-refractivity contribution in [3.05, 3.63) is 23.0 Å². The van der Waals surface area contributed by atoms with E-state index in [1.165, 1.54) is 0 Å². The summed E-state index contributed by atoms with van der Waals surface area (Å²) in [6.07, 6.45) is 5.88. The SMILES string of the molecule is CN(C(=O)C1CCSC1)[C@@H]1CN(C(=O)c2nncc3c2CCCC3)C[C@H]1O. The molecule has 27 heavy (non-hydrogen) atoms. The number of hydrogen-bond acceptors (Lipinski definition) is 6. The van der Waals surface area contributed by atoms with Crippen LogP contribution in [0.1, 0.15) is 40.9 Å². The Kier molecular flexibility index (Phi) is 5.36. The molecule has 1 aliphatic carbocycles. The van der Waals surface area contributed by atoms with Gasteiger partial charge in [0.25, 0.3) is 5.91 Å². The maximum absolute atomic E-state index is 13.1. The molecule has 0 radical (unpaired) electrons. The van der Waals surface area contributed by atoms with E-state index in [1.54, 1.807) is 34.8 Å². The van der Waals surface area contributed by atoms with Gasteiger partial charge in [0.05, 0.1) is 18.3 Å². The van der Waals surface area contributed by atoms with Crippen molar-refractivity contribution in [2.75, 3.05) is 31.6 Å². The van der Waals surface area contributed by atoms with Crippen LogP contribution in [0.25, 0.3) is 0 Å². The summed E-state index contributed by atoms with van der Waals surface area (Å²) < 4.78 is 0. The van der Waals surface area contributed by atoms with Crippen molar-refractivity contribution < 1.29 is 14.7 Å². The number of likely N-dealkylation sites (tertiary alicyclic amines) is 1. The number of rotatable bonds is 3. The predicted molar refractivity (Wildman–Crippen MR) is 103 cm³/mol. The zero-order chi connectivity index (χ0) is 19.0. The average Bonchev–Trinajstić information content (AvgIpc) is 3.36. The number of fused-ring (bicyclic) bond motifs is 1. The van der Waals surface area contributed by atoms with Crippen molar-refractivity contribution >= 4 is 23.6 Å². The molecule has 3 heterocycles. The second-order valence-corrected chi connectivity index (χ2v) is 8.91. The number of carbonyl (C=O) groups excluding carboxylic acids is 2. The number of nitrogens with zero attached hydrogens (tertiary/aromatic N) is 4. The molecule has 0 bridgehead atoms. The lowest BCUT2D eigenvalue weighted by atomic mass is 9.92. The molecule has 4 rings (SSSR count). The molecule has 0 aromatic carbocycles. The van der Waals surface area contributed by atoms with Crippen LogP contribution >= 0.6 is 11.8 Å². The monoisotopic (exact) mass is 390 g/mol. The summed E-state index contributed by atoms with van der Waals surface area (Å²) in [5.74, 6) is 1.79. The summed E-state index contributed by atoms with van der Waals surface area (Å²) in [6, 6.07) is -0.362. The Bertz CT molecular complexity index is 738. The Labute approximate surface area is 163 Å². The third-order valence-electron chi connectivity index (χ3n) is 6.04. The number of amides is 2. The first kappa shape index (κ1) is 18.7. The standard InChI is InChI=1S/C19H26N4O3S/c1-22(18(25)13-6-7-27-11-13)15-9-23(10-16(15)24)19(26)17-14-5-3-2-4-12(14)8-20-21-17/h8,13,15-16,24H,2-7,9-11H2,1H3/t13?,15-,16-/m1/s1. The number of thioether (sulfide) groups is 1. The number of aliphatic hydroxyl groups excluding tert-OH is 1. The van der Waals surface area contributed by atoms with Gasteiger partial charge in [0.1, 0.15) is 0 Å². The van der Waals surface area contributed by atoms with Gasteiger partial charge in [-0.25, -0.2) is 0 Å². The molecule has 1 aromatic heterocycles. The normalized spacial score (nSPS) is 27.5. The number of β-amino-alcohol motifs (C(OH)–C–C–N with tert-alkyl or cyclic N) is 1. The Morgan fingerprint density at radius 3 is 2.89 bits per heavy atom. The van der Waals surface area contributed by atoms with Crippen LogP contribution in [0.15, 0.2) is 6.20 Å².